The van der Waals surface area contributed by atoms with Gasteiger partial charge in [-0.1, -0.05) is 6.92 Å². The van der Waals surface area contributed by atoms with Crippen LogP contribution in [-0.2, 0) is 7.05 Å². The predicted octanol–water partition coefficient (Wildman–Crippen LogP) is 0.991. The number of rotatable bonds is 5. The summed E-state index contributed by atoms with van der Waals surface area (Å²) in [5.74, 6) is 0.554. The van der Waals surface area contributed by atoms with Gasteiger partial charge >= 0.3 is 0 Å². The lowest BCUT2D eigenvalue weighted by atomic mass is 10.2. The number of hydrogen-bond donors (Lipinski definition) is 1. The molecule has 0 aromatic carbocycles. The zero-order valence-corrected chi connectivity index (χ0v) is 8.95. The van der Waals surface area contributed by atoms with Crippen LogP contribution < -0.4 is 5.32 Å². The molecular weight excluding hydrogens is 178 g/mol. The minimum atomic E-state index is 0.0396. The Morgan fingerprint density at radius 2 is 2.43 bits per heavy atom. The van der Waals surface area contributed by atoms with Crippen LogP contribution in [0.2, 0.25) is 0 Å². The van der Waals surface area contributed by atoms with Gasteiger partial charge in [0.2, 0.25) is 5.78 Å². The van der Waals surface area contributed by atoms with E-state index in [4.69, 9.17) is 0 Å². The maximum Gasteiger partial charge on any atom is 0.211 e. The summed E-state index contributed by atoms with van der Waals surface area (Å²) in [4.78, 5) is 15.6. The van der Waals surface area contributed by atoms with Gasteiger partial charge < -0.3 is 9.88 Å². The van der Waals surface area contributed by atoms with Crippen LogP contribution in [0.5, 0.6) is 0 Å². The Morgan fingerprint density at radius 3 is 2.93 bits per heavy atom. The van der Waals surface area contributed by atoms with Crippen molar-refractivity contribution in [3.05, 3.63) is 18.2 Å². The third-order valence-electron chi connectivity index (χ3n) is 2.29. The monoisotopic (exact) mass is 195 g/mol. The van der Waals surface area contributed by atoms with Gasteiger partial charge in [0.25, 0.3) is 0 Å². The highest BCUT2D eigenvalue weighted by Gasteiger charge is 2.10. The molecule has 0 saturated carbocycles. The predicted molar refractivity (Wildman–Crippen MR) is 55.3 cm³/mol. The van der Waals surface area contributed by atoms with E-state index in [1.807, 2.05) is 7.05 Å². The Balaban J connectivity index is 2.47. The number of Topliss-reactive ketones (excluding diaryl/α,β-unsaturated/α-hetero) is 1. The number of aromatic nitrogens is 2. The molecule has 1 N–H and O–H groups in total. The fourth-order valence-corrected chi connectivity index (χ4v) is 1.12. The molecular formula is C10H17N3O. The van der Waals surface area contributed by atoms with Crippen LogP contribution in [-0.4, -0.2) is 27.9 Å². The maximum atomic E-state index is 11.6. The summed E-state index contributed by atoms with van der Waals surface area (Å²) in [5.41, 5.74) is 0. The van der Waals surface area contributed by atoms with Gasteiger partial charge in [0.15, 0.2) is 5.82 Å². The lowest BCUT2D eigenvalue weighted by Gasteiger charge is -2.09. The average Bonchev–Trinajstić information content (AvgIpc) is 2.60. The van der Waals surface area contributed by atoms with E-state index in [-0.39, 0.29) is 5.78 Å². The lowest BCUT2D eigenvalue weighted by molar-refractivity contribution is 0.0975. The molecule has 0 amide bonds. The Labute approximate surface area is 84.3 Å². The molecule has 0 aliphatic heterocycles. The minimum absolute atomic E-state index is 0.0396. The zero-order chi connectivity index (χ0) is 10.6. The van der Waals surface area contributed by atoms with Crippen LogP contribution in [0.25, 0.3) is 0 Å². The molecule has 0 fully saturated rings. The van der Waals surface area contributed by atoms with Crippen molar-refractivity contribution in [2.45, 2.75) is 26.3 Å². The Kier molecular flexibility index (Phi) is 3.83. The molecule has 0 radical (unpaired) electrons. The highest BCUT2D eigenvalue weighted by molar-refractivity contribution is 5.94. The summed E-state index contributed by atoms with van der Waals surface area (Å²) in [6.07, 6.45) is 4.43. The summed E-state index contributed by atoms with van der Waals surface area (Å²) >= 11 is 0. The Hall–Kier alpha value is -1.16. The summed E-state index contributed by atoms with van der Waals surface area (Å²) in [7, 11) is 1.82. The second kappa shape index (κ2) is 4.91. The number of ketones is 1. The summed E-state index contributed by atoms with van der Waals surface area (Å²) in [6.45, 7) is 4.51. The summed E-state index contributed by atoms with van der Waals surface area (Å²) < 4.78 is 1.74. The van der Waals surface area contributed by atoms with Gasteiger partial charge in [-0.2, -0.15) is 0 Å². The number of hydrogen-bond acceptors (Lipinski definition) is 3. The third-order valence-corrected chi connectivity index (χ3v) is 2.29. The second-order valence-corrected chi connectivity index (χ2v) is 3.48. The normalized spacial score (nSPS) is 12.8. The van der Waals surface area contributed by atoms with E-state index in [1.165, 1.54) is 0 Å². The van der Waals surface area contributed by atoms with Crippen LogP contribution in [0, 0.1) is 0 Å². The van der Waals surface area contributed by atoms with Gasteiger partial charge in [0.1, 0.15) is 0 Å². The van der Waals surface area contributed by atoms with E-state index in [1.54, 1.807) is 17.0 Å². The molecule has 14 heavy (non-hydrogen) atoms. The first-order valence-electron chi connectivity index (χ1n) is 4.89. The number of carbonyl (C=O) groups is 1. The molecule has 1 aromatic heterocycles. The average molecular weight is 195 g/mol. The molecule has 0 saturated heterocycles. The van der Waals surface area contributed by atoms with Gasteiger partial charge in [-0.25, -0.2) is 4.98 Å². The molecule has 0 spiro atoms. The molecule has 1 rings (SSSR count). The largest absolute Gasteiger partial charge is 0.332 e. The van der Waals surface area contributed by atoms with Crippen LogP contribution in [0.15, 0.2) is 12.4 Å². The lowest BCUT2D eigenvalue weighted by Crippen LogP contribution is -2.31. The van der Waals surface area contributed by atoms with Gasteiger partial charge in [-0.05, 0) is 13.3 Å². The summed E-state index contributed by atoms with van der Waals surface area (Å²) in [5, 5.41) is 3.14. The molecule has 4 nitrogen and oxygen atoms in total. The van der Waals surface area contributed by atoms with Crippen LogP contribution in [0.4, 0.5) is 0 Å². The van der Waals surface area contributed by atoms with Gasteiger partial charge in [0.05, 0.1) is 6.54 Å². The van der Waals surface area contributed by atoms with Crippen molar-refractivity contribution in [1.29, 1.82) is 0 Å². The molecule has 0 aliphatic rings. The van der Waals surface area contributed by atoms with E-state index in [2.05, 4.69) is 24.1 Å². The second-order valence-electron chi connectivity index (χ2n) is 3.48. The highest BCUT2D eigenvalue weighted by atomic mass is 16.1. The van der Waals surface area contributed by atoms with Gasteiger partial charge in [-0.3, -0.25) is 4.79 Å². The smallest absolute Gasteiger partial charge is 0.211 e. The first-order valence-corrected chi connectivity index (χ1v) is 4.89. The van der Waals surface area contributed by atoms with E-state index >= 15 is 0 Å². The number of carbonyl (C=O) groups excluding carboxylic acids is 1. The topological polar surface area (TPSA) is 46.9 Å². The maximum absolute atomic E-state index is 11.6. The fraction of sp³-hybridized carbons (Fsp3) is 0.600. The standard InChI is InChI=1S/C10H17N3O/c1-4-8(2)12-7-9(14)10-11-5-6-13(10)3/h5-6,8,12H,4,7H2,1-3H3. The SMILES string of the molecule is CCC(C)NCC(=O)c1nccn1C. The molecule has 1 atom stereocenters. The number of imidazole rings is 1. The summed E-state index contributed by atoms with van der Waals surface area (Å²) in [6, 6.07) is 0.374. The first-order chi connectivity index (χ1) is 6.65. The highest BCUT2D eigenvalue weighted by Crippen LogP contribution is 1.96. The van der Waals surface area contributed by atoms with Crippen molar-refractivity contribution >= 4 is 5.78 Å². The van der Waals surface area contributed by atoms with Crippen molar-refractivity contribution in [3.63, 3.8) is 0 Å². The molecule has 1 unspecified atom stereocenters. The number of aryl methyl sites for hydroxylation is 1. The van der Waals surface area contributed by atoms with Crippen LogP contribution >= 0.6 is 0 Å². The number of nitrogens with one attached hydrogen (secondary N) is 1. The van der Waals surface area contributed by atoms with Gasteiger partial charge in [0, 0.05) is 25.5 Å². The Bertz CT molecular complexity index is 306. The Morgan fingerprint density at radius 1 is 1.71 bits per heavy atom. The van der Waals surface area contributed by atoms with Crippen molar-refractivity contribution in [2.24, 2.45) is 7.05 Å². The molecule has 1 aromatic rings. The van der Waals surface area contributed by atoms with E-state index in [9.17, 15) is 4.79 Å². The first kappa shape index (κ1) is 10.9. The molecule has 78 valence electrons. The van der Waals surface area contributed by atoms with E-state index in [0.29, 0.717) is 18.4 Å². The van der Waals surface area contributed by atoms with E-state index in [0.717, 1.165) is 6.42 Å². The third kappa shape index (κ3) is 2.67. The van der Waals surface area contributed by atoms with Crippen molar-refractivity contribution < 1.29 is 4.79 Å². The minimum Gasteiger partial charge on any atom is -0.332 e. The number of nitrogens with zero attached hydrogens (tertiary/aromatic N) is 2. The van der Waals surface area contributed by atoms with Crippen LogP contribution in [0.3, 0.4) is 0 Å². The zero-order valence-electron chi connectivity index (χ0n) is 8.95. The molecule has 1 heterocycles. The van der Waals surface area contributed by atoms with Crippen molar-refractivity contribution in [2.75, 3.05) is 6.54 Å². The van der Waals surface area contributed by atoms with E-state index < -0.39 is 0 Å². The fourth-order valence-electron chi connectivity index (χ4n) is 1.12. The molecule has 4 heteroatoms. The van der Waals surface area contributed by atoms with Gasteiger partial charge in [-0.15, -0.1) is 0 Å². The molecule has 0 aliphatic carbocycles. The quantitative estimate of drug-likeness (QED) is 0.713. The van der Waals surface area contributed by atoms with Crippen molar-refractivity contribution in [1.82, 2.24) is 14.9 Å². The molecule has 0 bridgehead atoms. The van der Waals surface area contributed by atoms with Crippen LogP contribution in [0.1, 0.15) is 30.9 Å². The van der Waals surface area contributed by atoms with Crippen molar-refractivity contribution in [3.8, 4) is 0 Å².